The Morgan fingerprint density at radius 1 is 1.26 bits per heavy atom. The minimum Gasteiger partial charge on any atom is -0.479 e. The fourth-order valence-corrected chi connectivity index (χ4v) is 2.67. The van der Waals surface area contributed by atoms with Crippen LogP contribution in [0.1, 0.15) is 26.2 Å². The van der Waals surface area contributed by atoms with Crippen LogP contribution in [0, 0.1) is 11.8 Å². The van der Waals surface area contributed by atoms with Crippen LogP contribution in [-0.2, 0) is 19.1 Å². The number of amides is 1. The number of carboxylic acid groups (broad SMARTS) is 1. The number of carboxylic acids is 1. The van der Waals surface area contributed by atoms with E-state index in [1.54, 1.807) is 0 Å². The second kappa shape index (κ2) is 5.88. The summed E-state index contributed by atoms with van der Waals surface area (Å²) in [6.07, 6.45) is 2.03. The highest BCUT2D eigenvalue weighted by Gasteiger charge is 2.45. The monoisotopic (exact) mass is 271 g/mol. The lowest BCUT2D eigenvalue weighted by Gasteiger charge is -2.30. The molecule has 0 aromatic carbocycles. The lowest BCUT2D eigenvalue weighted by atomic mass is 9.85. The zero-order valence-corrected chi connectivity index (χ0v) is 11.2. The average molecular weight is 271 g/mol. The Bertz CT molecular complexity index is 345. The maximum absolute atomic E-state index is 12.2. The molecule has 6 nitrogen and oxygen atoms in total. The summed E-state index contributed by atoms with van der Waals surface area (Å²) in [5.41, 5.74) is -1.24. The van der Waals surface area contributed by atoms with Crippen LogP contribution < -0.4 is 5.32 Å². The van der Waals surface area contributed by atoms with E-state index in [1.807, 2.05) is 6.92 Å². The number of carbonyl (C=O) groups excluding carboxylic acids is 1. The molecule has 6 heteroatoms. The zero-order chi connectivity index (χ0) is 13.9. The number of hydrogen-bond acceptors (Lipinski definition) is 4. The molecule has 0 aliphatic carbocycles. The summed E-state index contributed by atoms with van der Waals surface area (Å²) in [6.45, 7) is 3.63. The first-order valence-electron chi connectivity index (χ1n) is 6.76. The average Bonchev–Trinajstić information content (AvgIpc) is 2.88. The molecule has 2 aliphatic heterocycles. The highest BCUT2D eigenvalue weighted by atomic mass is 16.5. The van der Waals surface area contributed by atoms with Crippen LogP contribution in [-0.4, -0.2) is 48.9 Å². The Kier molecular flexibility index (Phi) is 4.42. The Morgan fingerprint density at radius 2 is 1.95 bits per heavy atom. The van der Waals surface area contributed by atoms with Gasteiger partial charge >= 0.3 is 5.97 Å². The number of ether oxygens (including phenoxy) is 2. The highest BCUT2D eigenvalue weighted by molar-refractivity contribution is 5.88. The van der Waals surface area contributed by atoms with Crippen molar-refractivity contribution in [2.24, 2.45) is 11.8 Å². The third-order valence-electron chi connectivity index (χ3n) is 4.18. The van der Waals surface area contributed by atoms with Gasteiger partial charge in [0.1, 0.15) is 0 Å². The molecule has 2 fully saturated rings. The smallest absolute Gasteiger partial charge is 0.331 e. The first-order valence-corrected chi connectivity index (χ1v) is 6.76. The van der Waals surface area contributed by atoms with E-state index >= 15 is 0 Å². The van der Waals surface area contributed by atoms with Gasteiger partial charge in [-0.2, -0.15) is 0 Å². The van der Waals surface area contributed by atoms with Gasteiger partial charge in [0.2, 0.25) is 5.91 Å². The normalized spacial score (nSPS) is 29.9. The van der Waals surface area contributed by atoms with E-state index in [9.17, 15) is 14.7 Å². The second-order valence-corrected chi connectivity index (χ2v) is 5.42. The summed E-state index contributed by atoms with van der Waals surface area (Å²) in [7, 11) is 0. The van der Waals surface area contributed by atoms with Gasteiger partial charge in [0.15, 0.2) is 5.54 Å². The van der Waals surface area contributed by atoms with Gasteiger partial charge in [-0.05, 0) is 18.8 Å². The van der Waals surface area contributed by atoms with E-state index in [0.717, 1.165) is 12.8 Å². The minimum absolute atomic E-state index is 0.0502. The molecule has 2 unspecified atom stereocenters. The van der Waals surface area contributed by atoms with E-state index in [-0.39, 0.29) is 24.3 Å². The molecule has 2 N–H and O–H groups in total. The first-order chi connectivity index (χ1) is 9.05. The predicted molar refractivity (Wildman–Crippen MR) is 66.7 cm³/mol. The maximum atomic E-state index is 12.2. The van der Waals surface area contributed by atoms with Crippen LogP contribution in [0.3, 0.4) is 0 Å². The molecule has 0 aromatic rings. The summed E-state index contributed by atoms with van der Waals surface area (Å²) < 4.78 is 10.4. The molecule has 2 atom stereocenters. The number of nitrogens with one attached hydrogen (secondary N) is 1. The zero-order valence-electron chi connectivity index (χ0n) is 11.2. The fourth-order valence-electron chi connectivity index (χ4n) is 2.67. The standard InChI is InChI=1S/C13H21NO5/c1-9(10-2-5-18-6-3-10)11(15)14-13(12(16)17)4-7-19-8-13/h9-10H,2-8H2,1H3,(H,14,15)(H,16,17). The van der Waals surface area contributed by atoms with Gasteiger partial charge in [-0.15, -0.1) is 0 Å². The molecule has 2 rings (SSSR count). The van der Waals surface area contributed by atoms with E-state index < -0.39 is 11.5 Å². The van der Waals surface area contributed by atoms with Gasteiger partial charge in [-0.25, -0.2) is 4.79 Å². The molecule has 1 amide bonds. The quantitative estimate of drug-likeness (QED) is 0.773. The number of rotatable bonds is 4. The molecular weight excluding hydrogens is 250 g/mol. The van der Waals surface area contributed by atoms with Crippen molar-refractivity contribution in [1.82, 2.24) is 5.32 Å². The lowest BCUT2D eigenvalue weighted by molar-refractivity contribution is -0.148. The van der Waals surface area contributed by atoms with Gasteiger partial charge in [0.25, 0.3) is 0 Å². The Labute approximate surface area is 112 Å². The highest BCUT2D eigenvalue weighted by Crippen LogP contribution is 2.26. The maximum Gasteiger partial charge on any atom is 0.331 e. The van der Waals surface area contributed by atoms with Crippen molar-refractivity contribution in [3.63, 3.8) is 0 Å². The summed E-state index contributed by atoms with van der Waals surface area (Å²) in [4.78, 5) is 23.6. The van der Waals surface area contributed by atoms with Crippen molar-refractivity contribution in [1.29, 1.82) is 0 Å². The Hall–Kier alpha value is -1.14. The Morgan fingerprint density at radius 3 is 2.47 bits per heavy atom. The molecule has 2 aliphatic rings. The molecule has 0 radical (unpaired) electrons. The van der Waals surface area contributed by atoms with Gasteiger partial charge in [0.05, 0.1) is 6.61 Å². The largest absolute Gasteiger partial charge is 0.479 e. The van der Waals surface area contributed by atoms with Crippen LogP contribution in [0.15, 0.2) is 0 Å². The van der Waals surface area contributed by atoms with Crippen LogP contribution in [0.25, 0.3) is 0 Å². The molecular formula is C13H21NO5. The summed E-state index contributed by atoms with van der Waals surface area (Å²) in [6, 6.07) is 0. The van der Waals surface area contributed by atoms with Crippen LogP contribution in [0.4, 0.5) is 0 Å². The summed E-state index contributed by atoms with van der Waals surface area (Å²) >= 11 is 0. The molecule has 0 spiro atoms. The molecule has 2 heterocycles. The molecule has 2 saturated heterocycles. The van der Waals surface area contributed by atoms with Crippen molar-refractivity contribution < 1.29 is 24.2 Å². The van der Waals surface area contributed by atoms with Crippen LogP contribution in [0.5, 0.6) is 0 Å². The van der Waals surface area contributed by atoms with Crippen molar-refractivity contribution >= 4 is 11.9 Å². The first kappa shape index (κ1) is 14.3. The molecule has 108 valence electrons. The van der Waals surface area contributed by atoms with Crippen molar-refractivity contribution in [2.45, 2.75) is 31.7 Å². The van der Waals surface area contributed by atoms with Gasteiger partial charge in [-0.3, -0.25) is 4.79 Å². The molecule has 0 saturated carbocycles. The van der Waals surface area contributed by atoms with Gasteiger partial charge in [0, 0.05) is 32.2 Å². The Balaban J connectivity index is 1.97. The van der Waals surface area contributed by atoms with Gasteiger partial charge < -0.3 is 19.9 Å². The molecule has 0 aromatic heterocycles. The van der Waals surface area contributed by atoms with E-state index in [4.69, 9.17) is 9.47 Å². The second-order valence-electron chi connectivity index (χ2n) is 5.42. The van der Waals surface area contributed by atoms with Crippen LogP contribution in [0.2, 0.25) is 0 Å². The van der Waals surface area contributed by atoms with E-state index in [2.05, 4.69) is 5.32 Å². The number of aliphatic carboxylic acids is 1. The summed E-state index contributed by atoms with van der Waals surface area (Å²) in [5, 5.41) is 12.0. The van der Waals surface area contributed by atoms with Crippen LogP contribution >= 0.6 is 0 Å². The van der Waals surface area contributed by atoms with Crippen molar-refractivity contribution in [2.75, 3.05) is 26.4 Å². The van der Waals surface area contributed by atoms with E-state index in [1.165, 1.54) is 0 Å². The molecule has 0 bridgehead atoms. The third-order valence-corrected chi connectivity index (χ3v) is 4.18. The van der Waals surface area contributed by atoms with E-state index in [0.29, 0.717) is 26.2 Å². The van der Waals surface area contributed by atoms with Crippen molar-refractivity contribution in [3.8, 4) is 0 Å². The van der Waals surface area contributed by atoms with Gasteiger partial charge in [-0.1, -0.05) is 6.92 Å². The number of carbonyl (C=O) groups is 2. The van der Waals surface area contributed by atoms with Crippen molar-refractivity contribution in [3.05, 3.63) is 0 Å². The summed E-state index contributed by atoms with van der Waals surface area (Å²) in [5.74, 6) is -1.14. The SMILES string of the molecule is CC(C(=O)NC1(C(=O)O)CCOC1)C1CCOCC1. The lowest BCUT2D eigenvalue weighted by Crippen LogP contribution is -2.57. The topological polar surface area (TPSA) is 84.9 Å². The fraction of sp³-hybridized carbons (Fsp3) is 0.846. The molecule has 19 heavy (non-hydrogen) atoms. The predicted octanol–water partition coefficient (Wildman–Crippen LogP) is 0.409. The number of hydrogen-bond donors (Lipinski definition) is 2. The third kappa shape index (κ3) is 3.06. The minimum atomic E-state index is -1.24.